The maximum Gasteiger partial charge on any atom is 0.213 e. The van der Waals surface area contributed by atoms with Gasteiger partial charge in [0.25, 0.3) is 0 Å². The molecule has 1 aromatic heterocycles. The third-order valence-electron chi connectivity index (χ3n) is 3.07. The molecule has 100 valence electrons. The van der Waals surface area contributed by atoms with Gasteiger partial charge < -0.3 is 14.6 Å². The lowest BCUT2D eigenvalue weighted by molar-refractivity contribution is 0.352. The summed E-state index contributed by atoms with van der Waals surface area (Å²) in [7, 11) is 0. The molecule has 6 heteroatoms. The summed E-state index contributed by atoms with van der Waals surface area (Å²) in [6.45, 7) is 2.36. The molecule has 0 bridgehead atoms. The maximum atomic E-state index is 5.69. The average molecular weight is 324 g/mol. The third kappa shape index (κ3) is 2.96. The minimum absolute atomic E-state index is 0.725. The van der Waals surface area contributed by atoms with Gasteiger partial charge in [0.2, 0.25) is 6.39 Å². The monoisotopic (exact) mass is 323 g/mol. The van der Waals surface area contributed by atoms with Crippen LogP contribution in [0.3, 0.4) is 0 Å². The van der Waals surface area contributed by atoms with Gasteiger partial charge in [-0.3, -0.25) is 0 Å². The highest BCUT2D eigenvalue weighted by Crippen LogP contribution is 2.32. The van der Waals surface area contributed by atoms with E-state index in [4.69, 9.17) is 9.26 Å². The van der Waals surface area contributed by atoms with Crippen molar-refractivity contribution in [1.29, 1.82) is 0 Å². The van der Waals surface area contributed by atoms with Gasteiger partial charge in [0.05, 0.1) is 6.61 Å². The number of rotatable bonds is 5. The number of nitrogens with zero attached hydrogens (tertiary/aromatic N) is 2. The van der Waals surface area contributed by atoms with E-state index in [-0.39, 0.29) is 0 Å². The Hall–Kier alpha value is -1.40. The van der Waals surface area contributed by atoms with Crippen LogP contribution in [0.15, 0.2) is 27.5 Å². The summed E-state index contributed by atoms with van der Waals surface area (Å²) in [5, 5.41) is 7.15. The van der Waals surface area contributed by atoms with Crippen LogP contribution < -0.4 is 10.1 Å². The summed E-state index contributed by atoms with van der Waals surface area (Å²) in [6.07, 6.45) is 3.10. The number of ether oxygens (including phenoxy) is 1. The normalized spacial score (nSPS) is 13.3. The molecule has 1 N–H and O–H groups in total. The number of halogens is 1. The van der Waals surface area contributed by atoms with Gasteiger partial charge in [0.15, 0.2) is 5.82 Å². The topological polar surface area (TPSA) is 60.2 Å². The maximum absolute atomic E-state index is 5.69. The van der Waals surface area contributed by atoms with Crippen LogP contribution in [0.4, 0.5) is 0 Å². The van der Waals surface area contributed by atoms with Gasteiger partial charge >= 0.3 is 0 Å². The lowest BCUT2D eigenvalue weighted by atomic mass is 10.1. The van der Waals surface area contributed by atoms with Gasteiger partial charge in [0.1, 0.15) is 5.75 Å². The molecule has 0 unspecified atom stereocenters. The Kier molecular flexibility index (Phi) is 3.79. The zero-order valence-corrected chi connectivity index (χ0v) is 11.9. The molecular weight excluding hydrogens is 310 g/mol. The van der Waals surface area contributed by atoms with Crippen molar-refractivity contribution in [3.63, 3.8) is 0 Å². The van der Waals surface area contributed by atoms with Crippen molar-refractivity contribution in [1.82, 2.24) is 15.5 Å². The van der Waals surface area contributed by atoms with E-state index in [2.05, 4.69) is 43.5 Å². The van der Waals surface area contributed by atoms with Crippen molar-refractivity contribution >= 4 is 15.9 Å². The minimum Gasteiger partial charge on any atom is -0.493 e. The van der Waals surface area contributed by atoms with E-state index in [1.165, 1.54) is 17.5 Å². The Bertz CT molecular complexity index is 557. The highest BCUT2D eigenvalue weighted by atomic mass is 79.9. The fourth-order valence-electron chi connectivity index (χ4n) is 2.20. The van der Waals surface area contributed by atoms with Crippen molar-refractivity contribution in [2.45, 2.75) is 19.4 Å². The van der Waals surface area contributed by atoms with Gasteiger partial charge in [0, 0.05) is 36.0 Å². The summed E-state index contributed by atoms with van der Waals surface area (Å²) < 4.78 is 11.5. The summed E-state index contributed by atoms with van der Waals surface area (Å²) in [5.41, 5.74) is 2.47. The zero-order chi connectivity index (χ0) is 13.1. The lowest BCUT2D eigenvalue weighted by Crippen LogP contribution is -2.17. The van der Waals surface area contributed by atoms with Crippen LogP contribution in [0, 0.1) is 0 Å². The molecule has 2 aromatic rings. The van der Waals surface area contributed by atoms with Gasteiger partial charge in [-0.15, -0.1) is 0 Å². The summed E-state index contributed by atoms with van der Waals surface area (Å²) in [4.78, 5) is 3.98. The second-order valence-electron chi connectivity index (χ2n) is 4.43. The van der Waals surface area contributed by atoms with E-state index in [9.17, 15) is 0 Å². The van der Waals surface area contributed by atoms with Crippen LogP contribution in [-0.2, 0) is 19.4 Å². The average Bonchev–Trinajstić information content (AvgIpc) is 3.04. The Morgan fingerprint density at radius 3 is 3.16 bits per heavy atom. The number of nitrogens with one attached hydrogen (secondary N) is 1. The predicted octanol–water partition coefficient (Wildman–Crippen LogP) is 2.10. The lowest BCUT2D eigenvalue weighted by Gasteiger charge is -2.09. The van der Waals surface area contributed by atoms with Gasteiger partial charge in [-0.2, -0.15) is 4.98 Å². The molecule has 0 saturated heterocycles. The third-order valence-corrected chi connectivity index (χ3v) is 3.53. The smallest absolute Gasteiger partial charge is 0.213 e. The van der Waals surface area contributed by atoms with E-state index < -0.39 is 0 Å². The Labute approximate surface area is 119 Å². The molecule has 1 aromatic carbocycles. The zero-order valence-electron chi connectivity index (χ0n) is 10.4. The number of benzene rings is 1. The first-order valence-corrected chi connectivity index (χ1v) is 7.02. The van der Waals surface area contributed by atoms with Gasteiger partial charge in [-0.1, -0.05) is 21.1 Å². The second kappa shape index (κ2) is 5.71. The van der Waals surface area contributed by atoms with Crippen molar-refractivity contribution in [2.75, 3.05) is 13.2 Å². The van der Waals surface area contributed by atoms with E-state index in [1.54, 1.807) is 0 Å². The van der Waals surface area contributed by atoms with Crippen LogP contribution in [0.1, 0.15) is 17.0 Å². The first-order chi connectivity index (χ1) is 9.33. The molecule has 0 aliphatic carbocycles. The summed E-state index contributed by atoms with van der Waals surface area (Å²) in [5.74, 6) is 1.76. The Morgan fingerprint density at radius 2 is 2.32 bits per heavy atom. The molecule has 1 aliphatic heterocycles. The van der Waals surface area contributed by atoms with Crippen LogP contribution in [0.5, 0.6) is 5.75 Å². The molecule has 0 spiro atoms. The molecule has 5 nitrogen and oxygen atoms in total. The quantitative estimate of drug-likeness (QED) is 0.854. The van der Waals surface area contributed by atoms with Crippen molar-refractivity contribution < 1.29 is 9.26 Å². The summed E-state index contributed by atoms with van der Waals surface area (Å²) in [6, 6.07) is 4.23. The van der Waals surface area contributed by atoms with E-state index in [0.717, 1.165) is 48.6 Å². The van der Waals surface area contributed by atoms with E-state index >= 15 is 0 Å². The van der Waals surface area contributed by atoms with Crippen LogP contribution >= 0.6 is 15.9 Å². The molecule has 2 heterocycles. The molecule has 0 atom stereocenters. The summed E-state index contributed by atoms with van der Waals surface area (Å²) >= 11 is 3.54. The number of fused-ring (bicyclic) bond motifs is 1. The molecule has 0 fully saturated rings. The van der Waals surface area contributed by atoms with Crippen LogP contribution in [-0.4, -0.2) is 23.3 Å². The van der Waals surface area contributed by atoms with Crippen molar-refractivity contribution in [2.24, 2.45) is 0 Å². The number of hydrogen-bond donors (Lipinski definition) is 1. The first kappa shape index (κ1) is 12.6. The second-order valence-corrected chi connectivity index (χ2v) is 5.34. The largest absolute Gasteiger partial charge is 0.493 e. The molecule has 19 heavy (non-hydrogen) atoms. The fraction of sp³-hybridized carbons (Fsp3) is 0.385. The molecule has 1 aliphatic rings. The highest BCUT2D eigenvalue weighted by molar-refractivity contribution is 9.10. The Balaban J connectivity index is 1.58. The molecule has 0 amide bonds. The van der Waals surface area contributed by atoms with Gasteiger partial charge in [-0.05, 0) is 17.7 Å². The minimum atomic E-state index is 0.725. The highest BCUT2D eigenvalue weighted by Gasteiger charge is 2.17. The van der Waals surface area contributed by atoms with Crippen LogP contribution in [0.25, 0.3) is 0 Å². The number of aromatic nitrogens is 2. The van der Waals surface area contributed by atoms with E-state index in [1.807, 2.05) is 0 Å². The van der Waals surface area contributed by atoms with E-state index in [0.29, 0.717) is 0 Å². The van der Waals surface area contributed by atoms with Gasteiger partial charge in [-0.25, -0.2) is 0 Å². The fourth-order valence-corrected chi connectivity index (χ4v) is 2.76. The first-order valence-electron chi connectivity index (χ1n) is 6.23. The van der Waals surface area contributed by atoms with Crippen LogP contribution in [0.2, 0.25) is 0 Å². The Morgan fingerprint density at radius 1 is 1.37 bits per heavy atom. The standard InChI is InChI=1S/C13H14BrN3O2/c14-11-5-9-2-4-18-13(9)10(6-11)7-15-3-1-12-16-8-19-17-12/h5-6,8,15H,1-4,7H2. The molecule has 3 rings (SSSR count). The van der Waals surface area contributed by atoms with Crippen molar-refractivity contribution in [3.8, 4) is 5.75 Å². The molecular formula is C13H14BrN3O2. The number of hydrogen-bond acceptors (Lipinski definition) is 5. The predicted molar refractivity (Wildman–Crippen MR) is 73.0 cm³/mol. The molecule has 0 saturated carbocycles. The molecule has 0 radical (unpaired) electrons. The SMILES string of the molecule is Brc1cc2c(c(CNCCc3ncon3)c1)OCC2. The van der Waals surface area contributed by atoms with Crippen molar-refractivity contribution in [3.05, 3.63) is 40.0 Å².